The Morgan fingerprint density at radius 2 is 1.93 bits per heavy atom. The summed E-state index contributed by atoms with van der Waals surface area (Å²) < 4.78 is 16.3. The molecular formula is C23H31NO6. The van der Waals surface area contributed by atoms with Crippen molar-refractivity contribution in [1.29, 1.82) is 0 Å². The number of methoxy groups -OCH3 is 1. The molecule has 0 saturated carbocycles. The fourth-order valence-corrected chi connectivity index (χ4v) is 3.15. The summed E-state index contributed by atoms with van der Waals surface area (Å²) in [5.74, 6) is -1.14. The van der Waals surface area contributed by atoms with Gasteiger partial charge < -0.3 is 19.5 Å². The minimum absolute atomic E-state index is 0.0561. The van der Waals surface area contributed by atoms with Crippen LogP contribution in [0.3, 0.4) is 0 Å². The zero-order valence-corrected chi connectivity index (χ0v) is 18.1. The van der Waals surface area contributed by atoms with Crippen LogP contribution in [0.5, 0.6) is 5.75 Å². The van der Waals surface area contributed by atoms with E-state index in [9.17, 15) is 14.4 Å². The first-order valence-electron chi connectivity index (χ1n) is 10.2. The lowest BCUT2D eigenvalue weighted by Gasteiger charge is -2.24. The summed E-state index contributed by atoms with van der Waals surface area (Å²) in [4.78, 5) is 37.3. The fraction of sp³-hybridized carbons (Fsp3) is 0.522. The normalized spacial score (nSPS) is 22.0. The van der Waals surface area contributed by atoms with E-state index in [-0.39, 0.29) is 18.9 Å². The van der Waals surface area contributed by atoms with Crippen molar-refractivity contribution in [3.8, 4) is 5.75 Å². The summed E-state index contributed by atoms with van der Waals surface area (Å²) >= 11 is 0. The van der Waals surface area contributed by atoms with Crippen LogP contribution >= 0.6 is 0 Å². The molecule has 2 atom stereocenters. The lowest BCUT2D eigenvalue weighted by atomic mass is 10.00. The zero-order valence-electron chi connectivity index (χ0n) is 18.1. The summed E-state index contributed by atoms with van der Waals surface area (Å²) in [6, 6.07) is 6.71. The van der Waals surface area contributed by atoms with E-state index in [1.807, 2.05) is 30.4 Å². The van der Waals surface area contributed by atoms with Gasteiger partial charge >= 0.3 is 11.9 Å². The quantitative estimate of drug-likeness (QED) is 0.596. The van der Waals surface area contributed by atoms with Gasteiger partial charge in [0.2, 0.25) is 5.91 Å². The molecule has 1 N–H and O–H groups in total. The van der Waals surface area contributed by atoms with Crippen LogP contribution in [-0.2, 0) is 23.9 Å². The molecule has 0 aromatic heterocycles. The smallest absolute Gasteiger partial charge is 0.309 e. The van der Waals surface area contributed by atoms with E-state index in [2.05, 4.69) is 5.32 Å². The number of carbonyl (C=O) groups is 3. The van der Waals surface area contributed by atoms with Gasteiger partial charge in [-0.1, -0.05) is 30.4 Å². The lowest BCUT2D eigenvalue weighted by molar-refractivity contribution is -0.161. The number of hydrogen-bond acceptors (Lipinski definition) is 6. The summed E-state index contributed by atoms with van der Waals surface area (Å²) in [7, 11) is 1.55. The van der Waals surface area contributed by atoms with Crippen molar-refractivity contribution in [2.75, 3.05) is 13.7 Å². The standard InChI is InChI=1S/C23H31NO6/c1-23(2,3)30-21(26)14-16-10-6-5-7-13-20(25)24-18(15-29-22(16)27)17-11-8-9-12-19(17)28-4/h5-6,8-9,11-12,16,18H,7,10,13-15H2,1-4H3,(H,24,25)/b6-5-/t16-,18-/m0/s1. The van der Waals surface area contributed by atoms with Crippen LogP contribution in [0, 0.1) is 5.92 Å². The van der Waals surface area contributed by atoms with Crippen LogP contribution in [0.4, 0.5) is 0 Å². The average Bonchev–Trinajstić information content (AvgIpc) is 2.67. The van der Waals surface area contributed by atoms with Gasteiger partial charge in [0.05, 0.1) is 25.5 Å². The molecule has 0 spiro atoms. The minimum atomic E-state index is -0.649. The number of para-hydroxylation sites is 1. The highest BCUT2D eigenvalue weighted by atomic mass is 16.6. The maximum atomic E-state index is 12.7. The van der Waals surface area contributed by atoms with Gasteiger partial charge in [-0.25, -0.2) is 0 Å². The molecule has 0 bridgehead atoms. The summed E-state index contributed by atoms with van der Waals surface area (Å²) in [5, 5.41) is 2.91. The Kier molecular flexibility index (Phi) is 8.45. The Hall–Kier alpha value is -2.83. The van der Waals surface area contributed by atoms with Crippen molar-refractivity contribution in [3.63, 3.8) is 0 Å². The maximum absolute atomic E-state index is 12.7. The van der Waals surface area contributed by atoms with Gasteiger partial charge in [0.25, 0.3) is 0 Å². The van der Waals surface area contributed by atoms with E-state index in [0.29, 0.717) is 25.0 Å². The second kappa shape index (κ2) is 10.8. The van der Waals surface area contributed by atoms with Crippen LogP contribution < -0.4 is 10.1 Å². The van der Waals surface area contributed by atoms with Gasteiger partial charge in [-0.15, -0.1) is 0 Å². The van der Waals surface area contributed by atoms with Crippen molar-refractivity contribution in [2.45, 2.75) is 58.1 Å². The van der Waals surface area contributed by atoms with Crippen LogP contribution in [0.25, 0.3) is 0 Å². The van der Waals surface area contributed by atoms with Crippen LogP contribution in [0.1, 0.15) is 58.1 Å². The molecule has 1 aromatic carbocycles. The van der Waals surface area contributed by atoms with Crippen LogP contribution in [-0.4, -0.2) is 37.2 Å². The molecule has 164 valence electrons. The van der Waals surface area contributed by atoms with E-state index in [1.165, 1.54) is 0 Å². The topological polar surface area (TPSA) is 90.9 Å². The monoisotopic (exact) mass is 417 g/mol. The largest absolute Gasteiger partial charge is 0.496 e. The second-order valence-corrected chi connectivity index (χ2v) is 8.23. The van der Waals surface area contributed by atoms with Crippen molar-refractivity contribution < 1.29 is 28.6 Å². The van der Waals surface area contributed by atoms with Gasteiger partial charge in [0, 0.05) is 12.0 Å². The molecule has 1 heterocycles. The molecule has 7 heteroatoms. The Labute approximate surface area is 177 Å². The third-order valence-electron chi connectivity index (χ3n) is 4.53. The molecule has 1 aromatic rings. The van der Waals surface area contributed by atoms with Crippen molar-refractivity contribution in [3.05, 3.63) is 42.0 Å². The molecule has 0 radical (unpaired) electrons. The minimum Gasteiger partial charge on any atom is -0.496 e. The van der Waals surface area contributed by atoms with E-state index >= 15 is 0 Å². The summed E-state index contributed by atoms with van der Waals surface area (Å²) in [5.41, 5.74) is 0.0963. The molecule has 1 aliphatic heterocycles. The zero-order chi connectivity index (χ0) is 22.1. The number of rotatable bonds is 4. The Bertz CT molecular complexity index is 780. The van der Waals surface area contributed by atoms with Gasteiger partial charge in [-0.2, -0.15) is 0 Å². The number of carbonyl (C=O) groups excluding carboxylic acids is 3. The Morgan fingerprint density at radius 1 is 1.20 bits per heavy atom. The second-order valence-electron chi connectivity index (χ2n) is 8.23. The van der Waals surface area contributed by atoms with E-state index in [1.54, 1.807) is 33.9 Å². The van der Waals surface area contributed by atoms with Crippen LogP contribution in [0.15, 0.2) is 36.4 Å². The van der Waals surface area contributed by atoms with Crippen molar-refractivity contribution >= 4 is 17.8 Å². The molecule has 1 amide bonds. The molecule has 30 heavy (non-hydrogen) atoms. The molecule has 0 aliphatic carbocycles. The van der Waals surface area contributed by atoms with Gasteiger partial charge in [0.1, 0.15) is 18.0 Å². The SMILES string of the molecule is COc1ccccc1[C@@H]1COC(=O)[C@H](CC(=O)OC(C)(C)C)C/C=C\CCC(=O)N1. The predicted molar refractivity (Wildman–Crippen MR) is 112 cm³/mol. The van der Waals surface area contributed by atoms with Crippen molar-refractivity contribution in [2.24, 2.45) is 5.92 Å². The first kappa shape index (κ1) is 23.4. The third kappa shape index (κ3) is 7.54. The number of nitrogens with one attached hydrogen (secondary N) is 1. The number of esters is 2. The number of cyclic esters (lactones) is 1. The molecule has 0 saturated heterocycles. The van der Waals surface area contributed by atoms with Gasteiger partial charge in [0.15, 0.2) is 0 Å². The first-order valence-corrected chi connectivity index (χ1v) is 10.2. The van der Waals surface area contributed by atoms with Gasteiger partial charge in [-0.05, 0) is 39.7 Å². The molecule has 2 rings (SSSR count). The molecule has 1 aliphatic rings. The highest BCUT2D eigenvalue weighted by Crippen LogP contribution is 2.26. The molecule has 0 fully saturated rings. The van der Waals surface area contributed by atoms with Crippen LogP contribution in [0.2, 0.25) is 0 Å². The third-order valence-corrected chi connectivity index (χ3v) is 4.53. The maximum Gasteiger partial charge on any atom is 0.309 e. The van der Waals surface area contributed by atoms with E-state index < -0.39 is 29.5 Å². The predicted octanol–water partition coefficient (Wildman–Crippen LogP) is 3.48. The lowest BCUT2D eigenvalue weighted by Crippen LogP contribution is -2.34. The Morgan fingerprint density at radius 3 is 2.63 bits per heavy atom. The van der Waals surface area contributed by atoms with E-state index in [4.69, 9.17) is 14.2 Å². The summed E-state index contributed by atoms with van der Waals surface area (Å²) in [6.45, 7) is 5.29. The van der Waals surface area contributed by atoms with E-state index in [0.717, 1.165) is 5.56 Å². The average molecular weight is 418 g/mol. The first-order chi connectivity index (χ1) is 14.2. The van der Waals surface area contributed by atoms with Gasteiger partial charge in [-0.3, -0.25) is 14.4 Å². The highest BCUT2D eigenvalue weighted by Gasteiger charge is 2.28. The molecular weight excluding hydrogens is 386 g/mol. The highest BCUT2D eigenvalue weighted by molar-refractivity contribution is 5.80. The molecule has 0 unspecified atom stereocenters. The number of hydrogen-bond donors (Lipinski definition) is 1. The number of amides is 1. The summed E-state index contributed by atoms with van der Waals surface area (Å²) in [6.07, 6.45) is 4.79. The van der Waals surface area contributed by atoms with Crippen molar-refractivity contribution in [1.82, 2.24) is 5.32 Å². The number of ether oxygens (including phenoxy) is 3. The number of allylic oxidation sites excluding steroid dienone is 2. The fourth-order valence-electron chi connectivity index (χ4n) is 3.15. The molecule has 7 nitrogen and oxygen atoms in total. The Balaban J connectivity index is 2.19. The number of benzene rings is 1.